The number of hydrogen-bond acceptors (Lipinski definition) is 3. The molecule has 0 fully saturated rings. The Balaban J connectivity index is 2.74. The summed E-state index contributed by atoms with van der Waals surface area (Å²) in [5, 5.41) is 0. The lowest BCUT2D eigenvalue weighted by molar-refractivity contribution is 0.414. The van der Waals surface area contributed by atoms with Crippen molar-refractivity contribution in [2.24, 2.45) is 4.40 Å². The average molecular weight is 267 g/mol. The number of methoxy groups -OCH3 is 1. The molecule has 4 heteroatoms. The Morgan fingerprint density at radius 1 is 1.39 bits per heavy atom. The van der Waals surface area contributed by atoms with Crippen LogP contribution in [0.5, 0.6) is 5.75 Å². The van der Waals surface area contributed by atoms with E-state index >= 15 is 0 Å². The molecule has 1 unspecified atom stereocenters. The zero-order valence-electron chi connectivity index (χ0n) is 11.7. The van der Waals surface area contributed by atoms with Crippen molar-refractivity contribution in [1.82, 2.24) is 0 Å². The number of rotatable bonds is 4. The van der Waals surface area contributed by atoms with Crippen LogP contribution in [0.1, 0.15) is 33.3 Å². The van der Waals surface area contributed by atoms with Crippen molar-refractivity contribution in [2.75, 3.05) is 7.11 Å². The zero-order chi connectivity index (χ0) is 13.8. The second-order valence-electron chi connectivity index (χ2n) is 5.22. The van der Waals surface area contributed by atoms with E-state index in [0.717, 1.165) is 17.0 Å². The molecule has 0 heterocycles. The van der Waals surface area contributed by atoms with Gasteiger partial charge in [0, 0.05) is 6.42 Å². The van der Waals surface area contributed by atoms with Gasteiger partial charge in [-0.1, -0.05) is 16.5 Å². The average Bonchev–Trinajstić information content (AvgIpc) is 2.27. The standard InChI is InChI=1S/C14H21NO2S/c1-11(15-18(16)14(2,3)4)9-12-7-6-8-13(10-12)17-5/h6-8,10H,9H2,1-5H3/b15-11+. The predicted octanol–water partition coefficient (Wildman–Crippen LogP) is 3.16. The first-order valence-corrected chi connectivity index (χ1v) is 7.02. The fourth-order valence-corrected chi connectivity index (χ4v) is 2.01. The number of ether oxygens (including phenoxy) is 1. The van der Waals surface area contributed by atoms with Gasteiger partial charge in [-0.15, -0.1) is 0 Å². The van der Waals surface area contributed by atoms with Crippen LogP contribution in [-0.2, 0) is 17.8 Å². The summed E-state index contributed by atoms with van der Waals surface area (Å²) >= 11 is -1.19. The topological polar surface area (TPSA) is 44.6 Å². The minimum Gasteiger partial charge on any atom is -0.591 e. The maximum atomic E-state index is 11.9. The van der Waals surface area contributed by atoms with E-state index in [2.05, 4.69) is 4.40 Å². The summed E-state index contributed by atoms with van der Waals surface area (Å²) in [5.41, 5.74) is 1.98. The Labute approximate surface area is 113 Å². The zero-order valence-corrected chi connectivity index (χ0v) is 12.5. The molecule has 1 aromatic carbocycles. The second kappa shape index (κ2) is 6.25. The van der Waals surface area contributed by atoms with Gasteiger partial charge in [0.25, 0.3) is 0 Å². The fourth-order valence-electron chi connectivity index (χ4n) is 1.39. The Morgan fingerprint density at radius 2 is 2.06 bits per heavy atom. The maximum Gasteiger partial charge on any atom is 0.144 e. The molecule has 18 heavy (non-hydrogen) atoms. The highest BCUT2D eigenvalue weighted by atomic mass is 32.2. The van der Waals surface area contributed by atoms with Crippen LogP contribution in [0.15, 0.2) is 28.7 Å². The molecule has 0 saturated heterocycles. The summed E-state index contributed by atoms with van der Waals surface area (Å²) in [6.07, 6.45) is 0.693. The highest BCUT2D eigenvalue weighted by Gasteiger charge is 2.26. The van der Waals surface area contributed by atoms with E-state index in [4.69, 9.17) is 4.74 Å². The molecule has 0 aliphatic heterocycles. The Bertz CT molecular complexity index is 424. The van der Waals surface area contributed by atoms with E-state index in [9.17, 15) is 4.55 Å². The number of hydrogen-bond donors (Lipinski definition) is 0. The summed E-state index contributed by atoms with van der Waals surface area (Å²) in [6.45, 7) is 7.67. The van der Waals surface area contributed by atoms with Crippen LogP contribution in [0.25, 0.3) is 0 Å². The summed E-state index contributed by atoms with van der Waals surface area (Å²) in [6, 6.07) is 7.84. The highest BCUT2D eigenvalue weighted by molar-refractivity contribution is 7.91. The van der Waals surface area contributed by atoms with Gasteiger partial charge in [-0.25, -0.2) is 0 Å². The van der Waals surface area contributed by atoms with Crippen molar-refractivity contribution in [2.45, 2.75) is 38.9 Å². The van der Waals surface area contributed by atoms with Gasteiger partial charge in [0.05, 0.1) is 12.8 Å². The molecule has 0 saturated carbocycles. The van der Waals surface area contributed by atoms with E-state index in [-0.39, 0.29) is 4.75 Å². The third kappa shape index (κ3) is 4.70. The molecule has 1 aromatic rings. The first-order valence-electron chi connectivity index (χ1n) is 5.92. The van der Waals surface area contributed by atoms with Gasteiger partial charge in [0.2, 0.25) is 0 Å². The molecule has 0 amide bonds. The van der Waals surface area contributed by atoms with Gasteiger partial charge in [-0.05, 0) is 45.4 Å². The molecule has 0 N–H and O–H groups in total. The minimum absolute atomic E-state index is 0.310. The summed E-state index contributed by atoms with van der Waals surface area (Å²) in [7, 11) is 1.65. The molecule has 1 atom stereocenters. The number of nitrogens with zero attached hydrogens (tertiary/aromatic N) is 1. The van der Waals surface area contributed by atoms with Gasteiger partial charge in [-0.3, -0.25) is 0 Å². The van der Waals surface area contributed by atoms with Crippen molar-refractivity contribution in [1.29, 1.82) is 0 Å². The first kappa shape index (κ1) is 15.1. The van der Waals surface area contributed by atoms with Crippen molar-refractivity contribution in [3.05, 3.63) is 29.8 Å². The second-order valence-corrected chi connectivity index (χ2v) is 7.12. The smallest absolute Gasteiger partial charge is 0.144 e. The normalized spacial score (nSPS) is 14.4. The minimum atomic E-state index is -1.19. The fraction of sp³-hybridized carbons (Fsp3) is 0.500. The van der Waals surface area contributed by atoms with E-state index in [1.165, 1.54) is 0 Å². The Morgan fingerprint density at radius 3 is 2.61 bits per heavy atom. The summed E-state index contributed by atoms with van der Waals surface area (Å²) < 4.78 is 21.0. The van der Waals surface area contributed by atoms with Crippen LogP contribution in [0.2, 0.25) is 0 Å². The summed E-state index contributed by atoms with van der Waals surface area (Å²) in [4.78, 5) is 0. The van der Waals surface area contributed by atoms with Crippen LogP contribution in [0.4, 0.5) is 0 Å². The van der Waals surface area contributed by atoms with Gasteiger partial charge in [-0.2, -0.15) is 0 Å². The maximum absolute atomic E-state index is 11.9. The molecule has 3 nitrogen and oxygen atoms in total. The number of benzene rings is 1. The molecule has 0 aliphatic carbocycles. The Kier molecular flexibility index (Phi) is 5.23. The predicted molar refractivity (Wildman–Crippen MR) is 77.7 cm³/mol. The molecule has 0 aliphatic rings. The van der Waals surface area contributed by atoms with Gasteiger partial charge >= 0.3 is 0 Å². The molecule has 0 radical (unpaired) electrons. The van der Waals surface area contributed by atoms with Crippen molar-refractivity contribution in [3.63, 3.8) is 0 Å². The molecule has 0 bridgehead atoms. The molecule has 100 valence electrons. The van der Waals surface area contributed by atoms with E-state index < -0.39 is 11.4 Å². The molecule has 0 spiro atoms. The van der Waals surface area contributed by atoms with Crippen LogP contribution < -0.4 is 4.74 Å². The van der Waals surface area contributed by atoms with Crippen molar-refractivity contribution in [3.8, 4) is 5.75 Å². The van der Waals surface area contributed by atoms with Crippen LogP contribution in [-0.4, -0.2) is 22.1 Å². The lowest BCUT2D eigenvalue weighted by Crippen LogP contribution is -2.26. The molecular formula is C14H21NO2S. The quantitative estimate of drug-likeness (QED) is 0.621. The van der Waals surface area contributed by atoms with Crippen molar-refractivity contribution >= 4 is 17.1 Å². The lowest BCUT2D eigenvalue weighted by atomic mass is 10.1. The molecule has 0 aromatic heterocycles. The van der Waals surface area contributed by atoms with E-state index in [1.54, 1.807) is 7.11 Å². The van der Waals surface area contributed by atoms with Crippen LogP contribution in [0.3, 0.4) is 0 Å². The van der Waals surface area contributed by atoms with Gasteiger partial charge in [0.1, 0.15) is 21.9 Å². The lowest BCUT2D eigenvalue weighted by Gasteiger charge is -2.18. The third-order valence-electron chi connectivity index (χ3n) is 2.36. The molecule has 1 rings (SSSR count). The third-order valence-corrected chi connectivity index (χ3v) is 3.88. The largest absolute Gasteiger partial charge is 0.591 e. The first-order chi connectivity index (χ1) is 8.32. The van der Waals surface area contributed by atoms with E-state index in [0.29, 0.717) is 6.42 Å². The van der Waals surface area contributed by atoms with Crippen molar-refractivity contribution < 1.29 is 9.29 Å². The Hall–Kier alpha value is -1.00. The van der Waals surface area contributed by atoms with Gasteiger partial charge < -0.3 is 9.29 Å². The monoisotopic (exact) mass is 267 g/mol. The van der Waals surface area contributed by atoms with Crippen LogP contribution >= 0.6 is 0 Å². The van der Waals surface area contributed by atoms with Gasteiger partial charge in [0.15, 0.2) is 0 Å². The van der Waals surface area contributed by atoms with E-state index in [1.807, 2.05) is 52.0 Å². The SMILES string of the molecule is COc1cccc(C/C(C)=N/[S+]([O-])C(C)(C)C)c1. The highest BCUT2D eigenvalue weighted by Crippen LogP contribution is 2.18. The summed E-state index contributed by atoms with van der Waals surface area (Å²) in [5.74, 6) is 0.831. The molecular weight excluding hydrogens is 246 g/mol. The van der Waals surface area contributed by atoms with Crippen LogP contribution in [0, 0.1) is 0 Å².